The highest BCUT2D eigenvalue weighted by molar-refractivity contribution is 7.91. The fourth-order valence-electron chi connectivity index (χ4n) is 5.41. The first-order valence-electron chi connectivity index (χ1n) is 13.4. The predicted octanol–water partition coefficient (Wildman–Crippen LogP) is 7.33. The number of hydrogen-bond acceptors (Lipinski definition) is 5. The van der Waals surface area contributed by atoms with Crippen LogP contribution in [0.1, 0.15) is 60.3 Å². The van der Waals surface area contributed by atoms with Crippen molar-refractivity contribution in [1.29, 1.82) is 0 Å². The zero-order chi connectivity index (χ0) is 28.3. The van der Waals surface area contributed by atoms with Gasteiger partial charge >= 0.3 is 5.97 Å². The molecule has 5 nitrogen and oxygen atoms in total. The van der Waals surface area contributed by atoms with Gasteiger partial charge in [0.25, 0.3) is 0 Å². The lowest BCUT2D eigenvalue weighted by atomic mass is 9.89. The van der Waals surface area contributed by atoms with Crippen molar-refractivity contribution in [1.82, 2.24) is 0 Å². The number of aryl methyl sites for hydroxylation is 1. The summed E-state index contributed by atoms with van der Waals surface area (Å²) in [7, 11) is -2.87. The monoisotopic (exact) mass is 572 g/mol. The Morgan fingerprint density at radius 3 is 2.48 bits per heavy atom. The van der Waals surface area contributed by atoms with Crippen LogP contribution >= 0.6 is 11.3 Å². The summed E-state index contributed by atoms with van der Waals surface area (Å²) in [5.74, 6) is 6.16. The number of carbonyl (C=O) groups is 1. The number of sulfone groups is 1. The summed E-state index contributed by atoms with van der Waals surface area (Å²) in [5, 5.41) is 12.6. The molecule has 40 heavy (non-hydrogen) atoms. The highest BCUT2D eigenvalue weighted by Gasteiger charge is 2.25. The van der Waals surface area contributed by atoms with Gasteiger partial charge in [0.05, 0.1) is 23.8 Å². The molecule has 5 rings (SSSR count). The fraction of sp³-hybridized carbons (Fsp3) is 0.303. The minimum Gasteiger partial charge on any atom is -0.489 e. The van der Waals surface area contributed by atoms with Gasteiger partial charge in [0, 0.05) is 15.6 Å². The molecule has 206 valence electrons. The number of ether oxygens (including phenoxy) is 1. The van der Waals surface area contributed by atoms with E-state index in [0.29, 0.717) is 25.4 Å². The quantitative estimate of drug-likeness (QED) is 0.224. The Morgan fingerprint density at radius 2 is 1.80 bits per heavy atom. The van der Waals surface area contributed by atoms with Crippen LogP contribution in [0, 0.1) is 18.8 Å². The number of carboxylic acid groups (broad SMARTS) is 1. The lowest BCUT2D eigenvalue weighted by Gasteiger charge is -2.23. The van der Waals surface area contributed by atoms with Crippen molar-refractivity contribution < 1.29 is 23.1 Å². The first-order chi connectivity index (χ1) is 19.2. The lowest BCUT2D eigenvalue weighted by Crippen LogP contribution is -2.22. The van der Waals surface area contributed by atoms with Gasteiger partial charge in [0.1, 0.15) is 22.2 Å². The topological polar surface area (TPSA) is 80.7 Å². The standard InChI is InChI=1S/C33H32O5S2/c1-3-4-26(19-33(34)35)24-6-9-28(10-7-24)38-20-23-5-12-32-30(18-23)31(21-39-32)29-11-8-27(17-22(29)2)25-13-15-40(36,37)16-14-25/h5-12,17-18,21,25-26H,13-16,19-20H2,1-2H3,(H,34,35). The third kappa shape index (κ3) is 6.41. The van der Waals surface area contributed by atoms with Gasteiger partial charge in [-0.05, 0) is 90.1 Å². The molecule has 0 aliphatic carbocycles. The molecule has 0 amide bonds. The van der Waals surface area contributed by atoms with Gasteiger partial charge in [-0.1, -0.05) is 42.3 Å². The summed E-state index contributed by atoms with van der Waals surface area (Å²) in [6, 6.07) is 20.5. The summed E-state index contributed by atoms with van der Waals surface area (Å²) < 4.78 is 31.0. The average Bonchev–Trinajstić information content (AvgIpc) is 3.35. The normalized spacial score (nSPS) is 15.8. The largest absolute Gasteiger partial charge is 0.489 e. The molecule has 1 aliphatic rings. The SMILES string of the molecule is CC#CC(CC(=O)O)c1ccc(OCc2ccc3scc(-c4ccc(C5CCS(=O)(=O)CC5)cc4C)c3c2)cc1. The third-order valence-corrected chi connectivity index (χ3v) is 10.3. The minimum atomic E-state index is -2.87. The second-order valence-corrected chi connectivity index (χ2v) is 13.6. The van der Waals surface area contributed by atoms with Gasteiger partial charge in [0.15, 0.2) is 0 Å². The predicted molar refractivity (Wildman–Crippen MR) is 162 cm³/mol. The van der Waals surface area contributed by atoms with Gasteiger partial charge in [-0.3, -0.25) is 4.79 Å². The number of hydrogen-bond donors (Lipinski definition) is 1. The molecule has 0 spiro atoms. The van der Waals surface area contributed by atoms with Crippen molar-refractivity contribution >= 4 is 37.2 Å². The Hall–Kier alpha value is -3.60. The van der Waals surface area contributed by atoms with Crippen LogP contribution in [0.4, 0.5) is 0 Å². The van der Waals surface area contributed by atoms with E-state index in [1.54, 1.807) is 18.3 Å². The molecule has 0 saturated carbocycles. The van der Waals surface area contributed by atoms with Crippen molar-refractivity contribution in [2.75, 3.05) is 11.5 Å². The average molecular weight is 573 g/mol. The van der Waals surface area contributed by atoms with Gasteiger partial charge in [0.2, 0.25) is 0 Å². The molecule has 1 N–H and O–H groups in total. The van der Waals surface area contributed by atoms with E-state index in [9.17, 15) is 18.3 Å². The molecule has 0 bridgehead atoms. The van der Waals surface area contributed by atoms with E-state index in [1.807, 2.05) is 24.3 Å². The molecule has 1 unspecified atom stereocenters. The van der Waals surface area contributed by atoms with E-state index < -0.39 is 15.8 Å². The van der Waals surface area contributed by atoms with Crippen LogP contribution in [0.15, 0.2) is 66.0 Å². The lowest BCUT2D eigenvalue weighted by molar-refractivity contribution is -0.137. The van der Waals surface area contributed by atoms with Crippen LogP contribution in [-0.2, 0) is 21.2 Å². The third-order valence-electron chi connectivity index (χ3n) is 7.59. The number of rotatable bonds is 8. The zero-order valence-electron chi connectivity index (χ0n) is 22.6. The van der Waals surface area contributed by atoms with Crippen molar-refractivity contribution in [3.8, 4) is 28.7 Å². The van der Waals surface area contributed by atoms with Crippen molar-refractivity contribution in [3.05, 3.63) is 88.3 Å². The van der Waals surface area contributed by atoms with E-state index in [2.05, 4.69) is 60.5 Å². The Bertz CT molecular complexity index is 1690. The molecular formula is C33H32O5S2. The first kappa shape index (κ1) is 27.9. The van der Waals surface area contributed by atoms with Crippen LogP contribution in [-0.4, -0.2) is 31.0 Å². The van der Waals surface area contributed by atoms with Crippen LogP contribution in [0.2, 0.25) is 0 Å². The number of carboxylic acids is 1. The molecule has 1 fully saturated rings. The number of thiophene rings is 1. The highest BCUT2D eigenvalue weighted by Crippen LogP contribution is 2.38. The second-order valence-electron chi connectivity index (χ2n) is 10.4. The van der Waals surface area contributed by atoms with Crippen LogP contribution in [0.5, 0.6) is 5.75 Å². The first-order valence-corrected chi connectivity index (χ1v) is 16.1. The van der Waals surface area contributed by atoms with Crippen molar-refractivity contribution in [3.63, 3.8) is 0 Å². The zero-order valence-corrected chi connectivity index (χ0v) is 24.3. The van der Waals surface area contributed by atoms with Crippen LogP contribution in [0.3, 0.4) is 0 Å². The maximum atomic E-state index is 11.8. The summed E-state index contributed by atoms with van der Waals surface area (Å²) in [4.78, 5) is 11.2. The Labute approximate surface area is 239 Å². The maximum Gasteiger partial charge on any atom is 0.304 e. The van der Waals surface area contributed by atoms with E-state index in [-0.39, 0.29) is 23.8 Å². The molecule has 1 saturated heterocycles. The van der Waals surface area contributed by atoms with E-state index >= 15 is 0 Å². The molecule has 1 atom stereocenters. The Morgan fingerprint density at radius 1 is 1.05 bits per heavy atom. The number of aliphatic carboxylic acids is 1. The van der Waals surface area contributed by atoms with Crippen molar-refractivity contribution in [2.45, 2.75) is 51.6 Å². The van der Waals surface area contributed by atoms with E-state index in [1.165, 1.54) is 32.3 Å². The number of fused-ring (bicyclic) bond motifs is 1. The van der Waals surface area contributed by atoms with Crippen molar-refractivity contribution in [2.24, 2.45) is 0 Å². The Balaban J connectivity index is 1.31. The minimum absolute atomic E-state index is 0.0306. The molecule has 3 aromatic carbocycles. The van der Waals surface area contributed by atoms with Gasteiger partial charge in [-0.2, -0.15) is 0 Å². The summed E-state index contributed by atoms with van der Waals surface area (Å²) in [5.41, 5.74) is 6.74. The molecule has 2 heterocycles. The molecule has 7 heteroatoms. The van der Waals surface area contributed by atoms with Crippen LogP contribution < -0.4 is 4.74 Å². The highest BCUT2D eigenvalue weighted by atomic mass is 32.2. The van der Waals surface area contributed by atoms with Gasteiger partial charge < -0.3 is 9.84 Å². The molecule has 4 aromatic rings. The van der Waals surface area contributed by atoms with Gasteiger partial charge in [-0.25, -0.2) is 8.42 Å². The molecular weight excluding hydrogens is 540 g/mol. The van der Waals surface area contributed by atoms with Crippen LogP contribution in [0.25, 0.3) is 21.2 Å². The fourth-order valence-corrected chi connectivity index (χ4v) is 7.84. The summed E-state index contributed by atoms with van der Waals surface area (Å²) in [6.07, 6.45) is 1.37. The smallest absolute Gasteiger partial charge is 0.304 e. The summed E-state index contributed by atoms with van der Waals surface area (Å²) >= 11 is 1.72. The molecule has 1 aliphatic heterocycles. The van der Waals surface area contributed by atoms with E-state index in [4.69, 9.17) is 4.74 Å². The summed E-state index contributed by atoms with van der Waals surface area (Å²) in [6.45, 7) is 4.26. The van der Waals surface area contributed by atoms with E-state index in [0.717, 1.165) is 16.9 Å². The molecule has 1 aromatic heterocycles. The number of benzene rings is 3. The van der Waals surface area contributed by atoms with Gasteiger partial charge in [-0.15, -0.1) is 17.3 Å². The Kier molecular flexibility index (Phi) is 8.30. The molecule has 0 radical (unpaired) electrons. The maximum absolute atomic E-state index is 11.8. The second kappa shape index (κ2) is 11.9.